The van der Waals surface area contributed by atoms with Gasteiger partial charge >= 0.3 is 0 Å². The summed E-state index contributed by atoms with van der Waals surface area (Å²) >= 11 is 1.60. The Bertz CT molecular complexity index is 227. The zero-order valence-corrected chi connectivity index (χ0v) is 6.69. The number of hydrogen-bond donors (Lipinski definition) is 1. The van der Waals surface area contributed by atoms with Gasteiger partial charge in [-0.1, -0.05) is 6.08 Å². The number of nitrogens with two attached hydrogens (primary N) is 1. The highest BCUT2D eigenvalue weighted by atomic mass is 32.1. The normalized spacial score (nSPS) is 11.0. The van der Waals surface area contributed by atoms with Gasteiger partial charge in [0.05, 0.1) is 5.69 Å². The van der Waals surface area contributed by atoms with E-state index >= 15 is 0 Å². The highest BCUT2D eigenvalue weighted by Gasteiger charge is 1.94. The van der Waals surface area contributed by atoms with Crippen molar-refractivity contribution in [1.82, 2.24) is 4.98 Å². The van der Waals surface area contributed by atoms with Crippen molar-refractivity contribution in [3.63, 3.8) is 0 Å². The summed E-state index contributed by atoms with van der Waals surface area (Å²) in [6, 6.07) is 0. The van der Waals surface area contributed by atoms with Crippen LogP contribution < -0.4 is 5.73 Å². The van der Waals surface area contributed by atoms with Crippen LogP contribution in [-0.4, -0.2) is 4.98 Å². The minimum Gasteiger partial charge on any atom is -0.325 e. The van der Waals surface area contributed by atoms with Gasteiger partial charge in [0, 0.05) is 11.9 Å². The van der Waals surface area contributed by atoms with E-state index in [2.05, 4.69) is 4.98 Å². The van der Waals surface area contributed by atoms with Crippen LogP contribution in [0, 0.1) is 0 Å². The summed E-state index contributed by atoms with van der Waals surface area (Å²) in [7, 11) is 0. The van der Waals surface area contributed by atoms with Crippen LogP contribution in [0.3, 0.4) is 0 Å². The summed E-state index contributed by atoms with van der Waals surface area (Å²) in [5.74, 6) is 0. The molecule has 0 aliphatic rings. The van der Waals surface area contributed by atoms with Gasteiger partial charge in [-0.15, -0.1) is 11.3 Å². The van der Waals surface area contributed by atoms with Gasteiger partial charge in [0.2, 0.25) is 0 Å². The Morgan fingerprint density at radius 1 is 1.80 bits per heavy atom. The van der Waals surface area contributed by atoms with Crippen molar-refractivity contribution in [2.24, 2.45) is 5.73 Å². The number of aromatic nitrogens is 1. The first-order valence-electron chi connectivity index (χ1n) is 3.14. The topological polar surface area (TPSA) is 38.9 Å². The molecule has 0 saturated heterocycles. The summed E-state index contributed by atoms with van der Waals surface area (Å²) in [5, 5.41) is 3.00. The molecule has 54 valence electrons. The van der Waals surface area contributed by atoms with Gasteiger partial charge in [0.25, 0.3) is 0 Å². The lowest BCUT2D eigenvalue weighted by Crippen LogP contribution is -1.94. The maximum Gasteiger partial charge on any atom is 0.107 e. The molecule has 0 amide bonds. The van der Waals surface area contributed by atoms with Crippen LogP contribution in [0.15, 0.2) is 11.5 Å². The van der Waals surface area contributed by atoms with Crippen molar-refractivity contribution in [3.05, 3.63) is 22.2 Å². The first kappa shape index (κ1) is 7.44. The number of nitrogens with zero attached hydrogens (tertiary/aromatic N) is 1. The van der Waals surface area contributed by atoms with Crippen molar-refractivity contribution in [1.29, 1.82) is 0 Å². The van der Waals surface area contributed by atoms with Gasteiger partial charge in [-0.3, -0.25) is 0 Å². The maximum atomic E-state index is 5.38. The van der Waals surface area contributed by atoms with Crippen molar-refractivity contribution in [2.45, 2.75) is 13.5 Å². The van der Waals surface area contributed by atoms with Crippen molar-refractivity contribution >= 4 is 17.4 Å². The van der Waals surface area contributed by atoms with Gasteiger partial charge in [-0.25, -0.2) is 4.98 Å². The van der Waals surface area contributed by atoms with Gasteiger partial charge in [-0.2, -0.15) is 0 Å². The van der Waals surface area contributed by atoms with Gasteiger partial charge in [0.15, 0.2) is 0 Å². The Labute approximate surface area is 64.4 Å². The molecule has 0 fully saturated rings. The van der Waals surface area contributed by atoms with Crippen LogP contribution in [0.4, 0.5) is 0 Å². The molecule has 1 heterocycles. The molecule has 10 heavy (non-hydrogen) atoms. The summed E-state index contributed by atoms with van der Waals surface area (Å²) in [5.41, 5.74) is 6.39. The molecule has 0 saturated carbocycles. The van der Waals surface area contributed by atoms with E-state index in [9.17, 15) is 0 Å². The second-order valence-corrected chi connectivity index (χ2v) is 2.81. The van der Waals surface area contributed by atoms with E-state index in [1.54, 1.807) is 11.3 Å². The molecule has 1 aromatic rings. The lowest BCUT2D eigenvalue weighted by Gasteiger charge is -1.81. The predicted octanol–water partition coefficient (Wildman–Crippen LogP) is 1.63. The quantitative estimate of drug-likeness (QED) is 0.703. The van der Waals surface area contributed by atoms with E-state index in [1.165, 1.54) is 0 Å². The molecule has 3 heteroatoms. The highest BCUT2D eigenvalue weighted by Crippen LogP contribution is 2.09. The SMILES string of the molecule is C/C=C\c1csc(CN)n1. The van der Waals surface area contributed by atoms with E-state index in [0.29, 0.717) is 6.54 Å². The molecular weight excluding hydrogens is 144 g/mol. The molecule has 0 aliphatic carbocycles. The Balaban J connectivity index is 2.78. The molecule has 0 aliphatic heterocycles. The first-order chi connectivity index (χ1) is 4.86. The van der Waals surface area contributed by atoms with Crippen molar-refractivity contribution in [3.8, 4) is 0 Å². The minimum absolute atomic E-state index is 0.544. The minimum atomic E-state index is 0.544. The molecule has 2 N–H and O–H groups in total. The summed E-state index contributed by atoms with van der Waals surface area (Å²) < 4.78 is 0. The average molecular weight is 154 g/mol. The standard InChI is InChI=1S/C7H10N2S/c1-2-3-6-5-10-7(4-8)9-6/h2-3,5H,4,8H2,1H3/b3-2-. The average Bonchev–Trinajstić information content (AvgIpc) is 2.37. The van der Waals surface area contributed by atoms with E-state index < -0.39 is 0 Å². The predicted molar refractivity (Wildman–Crippen MR) is 44.7 cm³/mol. The van der Waals surface area contributed by atoms with Crippen molar-refractivity contribution < 1.29 is 0 Å². The lowest BCUT2D eigenvalue weighted by molar-refractivity contribution is 1.03. The number of thiazole rings is 1. The Kier molecular flexibility index (Phi) is 2.59. The molecule has 1 aromatic heterocycles. The fraction of sp³-hybridized carbons (Fsp3) is 0.286. The summed E-state index contributed by atoms with van der Waals surface area (Å²) in [6.07, 6.45) is 3.94. The molecule has 0 radical (unpaired) electrons. The van der Waals surface area contributed by atoms with Crippen LogP contribution in [0.1, 0.15) is 17.6 Å². The van der Waals surface area contributed by atoms with E-state index in [4.69, 9.17) is 5.73 Å². The number of hydrogen-bond acceptors (Lipinski definition) is 3. The Hall–Kier alpha value is -0.670. The zero-order valence-electron chi connectivity index (χ0n) is 5.87. The van der Waals surface area contributed by atoms with E-state index in [0.717, 1.165) is 10.7 Å². The summed E-state index contributed by atoms with van der Waals surface area (Å²) in [4.78, 5) is 4.23. The molecule has 2 nitrogen and oxygen atoms in total. The molecule has 0 aromatic carbocycles. The Morgan fingerprint density at radius 2 is 2.60 bits per heavy atom. The molecule has 0 spiro atoms. The molecular formula is C7H10N2S. The maximum absolute atomic E-state index is 5.38. The fourth-order valence-electron chi connectivity index (χ4n) is 0.666. The third kappa shape index (κ3) is 1.65. The third-order valence-corrected chi connectivity index (χ3v) is 1.97. The Morgan fingerprint density at radius 3 is 3.10 bits per heavy atom. The van der Waals surface area contributed by atoms with Crippen LogP contribution in [0.5, 0.6) is 0 Å². The lowest BCUT2D eigenvalue weighted by atomic mass is 10.4. The van der Waals surface area contributed by atoms with Crippen LogP contribution in [-0.2, 0) is 6.54 Å². The van der Waals surface area contributed by atoms with Crippen LogP contribution >= 0.6 is 11.3 Å². The van der Waals surface area contributed by atoms with Crippen molar-refractivity contribution in [2.75, 3.05) is 0 Å². The monoisotopic (exact) mass is 154 g/mol. The largest absolute Gasteiger partial charge is 0.325 e. The summed E-state index contributed by atoms with van der Waals surface area (Å²) in [6.45, 7) is 2.52. The fourth-order valence-corrected chi connectivity index (χ4v) is 1.31. The molecule has 0 atom stereocenters. The van der Waals surface area contributed by atoms with Crippen LogP contribution in [0.2, 0.25) is 0 Å². The van der Waals surface area contributed by atoms with Crippen LogP contribution in [0.25, 0.3) is 6.08 Å². The smallest absolute Gasteiger partial charge is 0.107 e. The number of allylic oxidation sites excluding steroid dienone is 1. The van der Waals surface area contributed by atoms with E-state index in [-0.39, 0.29) is 0 Å². The first-order valence-corrected chi connectivity index (χ1v) is 4.02. The molecule has 1 rings (SSSR count). The highest BCUT2D eigenvalue weighted by molar-refractivity contribution is 7.09. The second-order valence-electron chi connectivity index (χ2n) is 1.87. The van der Waals surface area contributed by atoms with Gasteiger partial charge in [-0.05, 0) is 13.0 Å². The molecule has 0 bridgehead atoms. The van der Waals surface area contributed by atoms with E-state index in [1.807, 2.05) is 24.5 Å². The molecule has 0 unspecified atom stereocenters. The van der Waals surface area contributed by atoms with Gasteiger partial charge in [0.1, 0.15) is 5.01 Å². The zero-order chi connectivity index (χ0) is 7.40. The van der Waals surface area contributed by atoms with Gasteiger partial charge < -0.3 is 5.73 Å². The third-order valence-electron chi connectivity index (χ3n) is 1.08. The number of rotatable bonds is 2. The second kappa shape index (κ2) is 3.49.